The van der Waals surface area contributed by atoms with Crippen LogP contribution in [-0.2, 0) is 0 Å². The Morgan fingerprint density at radius 1 is 1.47 bits per heavy atom. The van der Waals surface area contributed by atoms with E-state index in [1.807, 2.05) is 27.0 Å². The van der Waals surface area contributed by atoms with E-state index >= 15 is 0 Å². The van der Waals surface area contributed by atoms with Gasteiger partial charge in [0.2, 0.25) is 0 Å². The van der Waals surface area contributed by atoms with Crippen molar-refractivity contribution in [2.75, 3.05) is 13.1 Å². The number of nitrogens with one attached hydrogen (secondary N) is 2. The van der Waals surface area contributed by atoms with Crippen LogP contribution < -0.4 is 10.6 Å². The molecule has 0 spiro atoms. The quantitative estimate of drug-likeness (QED) is 0.668. The van der Waals surface area contributed by atoms with Gasteiger partial charge in [0.05, 0.1) is 12.1 Å². The zero-order valence-electron chi connectivity index (χ0n) is 10.5. The van der Waals surface area contributed by atoms with E-state index in [0.717, 1.165) is 12.2 Å². The maximum Gasteiger partial charge on any atom is 0.0763 e. The second-order valence-electron chi connectivity index (χ2n) is 4.10. The Morgan fingerprint density at radius 2 is 2.07 bits per heavy atom. The minimum absolute atomic E-state index is 0.577. The summed E-state index contributed by atoms with van der Waals surface area (Å²) in [4.78, 5) is 0. The molecule has 0 atom stereocenters. The predicted molar refractivity (Wildman–Crippen MR) is 65.5 cm³/mol. The molecule has 0 amide bonds. The van der Waals surface area contributed by atoms with Crippen LogP contribution in [0.15, 0.2) is 23.5 Å². The van der Waals surface area contributed by atoms with E-state index < -0.39 is 5.60 Å². The van der Waals surface area contributed by atoms with E-state index in [0.29, 0.717) is 6.54 Å². The second kappa shape index (κ2) is 6.51. The van der Waals surface area contributed by atoms with Crippen LogP contribution >= 0.6 is 0 Å². The van der Waals surface area contributed by atoms with Gasteiger partial charge in [0.1, 0.15) is 0 Å². The summed E-state index contributed by atoms with van der Waals surface area (Å²) in [5.41, 5.74) is 1.67. The molecule has 88 valence electrons. The Morgan fingerprint density at radius 3 is 2.53 bits per heavy atom. The normalized spacial score (nSPS) is 15.3. The molecule has 0 saturated heterocycles. The highest BCUT2D eigenvalue weighted by atomic mass is 16.3. The molecule has 1 heterocycles. The van der Waals surface area contributed by atoms with Crippen molar-refractivity contribution in [3.05, 3.63) is 23.5 Å². The van der Waals surface area contributed by atoms with E-state index in [-0.39, 0.29) is 0 Å². The molecule has 3 N–H and O–H groups in total. The van der Waals surface area contributed by atoms with Gasteiger partial charge in [0, 0.05) is 12.2 Å². The summed E-state index contributed by atoms with van der Waals surface area (Å²) < 4.78 is 0. The van der Waals surface area contributed by atoms with Crippen LogP contribution in [0.25, 0.3) is 0 Å². The Hall–Kier alpha value is -0.960. The van der Waals surface area contributed by atoms with Crippen molar-refractivity contribution in [2.24, 2.45) is 0 Å². The third kappa shape index (κ3) is 7.03. The van der Waals surface area contributed by atoms with Gasteiger partial charge >= 0.3 is 0 Å². The summed E-state index contributed by atoms with van der Waals surface area (Å²) in [5.74, 6) is 0. The molecule has 3 heteroatoms. The van der Waals surface area contributed by atoms with Crippen LogP contribution in [0.2, 0.25) is 0 Å². The minimum atomic E-state index is -0.657. The van der Waals surface area contributed by atoms with Crippen LogP contribution in [0, 0.1) is 0 Å². The molecular weight excluding hydrogens is 188 g/mol. The standard InChI is InChI=1S/C10H18N2O.C2H6/c1-8-4-9(6-11-5-8)12-7-10(2,3)13;1-2/h4-5,11-13H,6-7H2,1-3H3;1-2H3. The lowest BCUT2D eigenvalue weighted by Gasteiger charge is -2.22. The van der Waals surface area contributed by atoms with Crippen molar-refractivity contribution in [3.8, 4) is 0 Å². The summed E-state index contributed by atoms with van der Waals surface area (Å²) in [5, 5.41) is 15.8. The highest BCUT2D eigenvalue weighted by Crippen LogP contribution is 2.05. The first-order valence-corrected chi connectivity index (χ1v) is 5.54. The zero-order chi connectivity index (χ0) is 11.9. The highest BCUT2D eigenvalue weighted by Gasteiger charge is 2.12. The number of allylic oxidation sites excluding steroid dienone is 2. The maximum atomic E-state index is 9.49. The van der Waals surface area contributed by atoms with Crippen LogP contribution in [0.4, 0.5) is 0 Å². The van der Waals surface area contributed by atoms with Gasteiger partial charge in [-0.3, -0.25) is 0 Å². The zero-order valence-corrected chi connectivity index (χ0v) is 10.5. The SMILES string of the molecule is CC.CC1=CNCC(NCC(C)(C)O)=C1. The molecule has 1 aliphatic heterocycles. The van der Waals surface area contributed by atoms with E-state index in [1.54, 1.807) is 13.8 Å². The monoisotopic (exact) mass is 212 g/mol. The smallest absolute Gasteiger partial charge is 0.0763 e. The molecule has 0 aromatic carbocycles. The topological polar surface area (TPSA) is 44.3 Å². The van der Waals surface area contributed by atoms with Crippen molar-refractivity contribution in [3.63, 3.8) is 0 Å². The summed E-state index contributed by atoms with van der Waals surface area (Å²) in [6.45, 7) is 11.0. The van der Waals surface area contributed by atoms with Gasteiger partial charge in [0.25, 0.3) is 0 Å². The fourth-order valence-electron chi connectivity index (χ4n) is 1.13. The van der Waals surface area contributed by atoms with Gasteiger partial charge in [-0.15, -0.1) is 0 Å². The summed E-state index contributed by atoms with van der Waals surface area (Å²) in [6, 6.07) is 0. The summed E-state index contributed by atoms with van der Waals surface area (Å²) >= 11 is 0. The Labute approximate surface area is 93.3 Å². The molecule has 0 unspecified atom stereocenters. The van der Waals surface area contributed by atoms with Crippen LogP contribution in [0.1, 0.15) is 34.6 Å². The molecule has 0 aromatic heterocycles. The molecule has 0 bridgehead atoms. The number of hydrogen-bond donors (Lipinski definition) is 3. The second-order valence-corrected chi connectivity index (χ2v) is 4.10. The summed E-state index contributed by atoms with van der Waals surface area (Å²) in [6.07, 6.45) is 4.07. The molecule has 1 rings (SSSR count). The average Bonchev–Trinajstić information content (AvgIpc) is 2.17. The van der Waals surface area contributed by atoms with E-state index in [2.05, 4.69) is 16.7 Å². The Kier molecular flexibility index (Phi) is 6.09. The molecule has 3 nitrogen and oxygen atoms in total. The third-order valence-corrected chi connectivity index (χ3v) is 1.77. The van der Waals surface area contributed by atoms with Crippen molar-refractivity contribution in [2.45, 2.75) is 40.2 Å². The van der Waals surface area contributed by atoms with Gasteiger partial charge in [-0.25, -0.2) is 0 Å². The lowest BCUT2D eigenvalue weighted by molar-refractivity contribution is 0.0824. The molecule has 15 heavy (non-hydrogen) atoms. The van der Waals surface area contributed by atoms with Crippen LogP contribution in [0.3, 0.4) is 0 Å². The van der Waals surface area contributed by atoms with Gasteiger partial charge < -0.3 is 15.7 Å². The first kappa shape index (κ1) is 14.0. The minimum Gasteiger partial charge on any atom is -0.389 e. The highest BCUT2D eigenvalue weighted by molar-refractivity contribution is 5.25. The van der Waals surface area contributed by atoms with Crippen molar-refractivity contribution >= 4 is 0 Å². The Balaban J connectivity index is 0.000000921. The molecule has 0 radical (unpaired) electrons. The lowest BCUT2D eigenvalue weighted by atomic mass is 10.1. The average molecular weight is 212 g/mol. The molecule has 0 saturated carbocycles. The fraction of sp³-hybridized carbons (Fsp3) is 0.667. The van der Waals surface area contributed by atoms with Crippen molar-refractivity contribution in [1.29, 1.82) is 0 Å². The fourth-order valence-corrected chi connectivity index (χ4v) is 1.13. The molecular formula is C12H24N2O. The molecule has 0 aromatic rings. The predicted octanol–water partition coefficient (Wildman–Crippen LogP) is 1.76. The van der Waals surface area contributed by atoms with Crippen molar-refractivity contribution < 1.29 is 5.11 Å². The molecule has 0 aliphatic carbocycles. The van der Waals surface area contributed by atoms with Crippen LogP contribution in [-0.4, -0.2) is 23.8 Å². The van der Waals surface area contributed by atoms with Gasteiger partial charge in [-0.1, -0.05) is 13.8 Å². The Bertz CT molecular complexity index is 236. The number of dihydropyridines is 1. The number of hydrogen-bond acceptors (Lipinski definition) is 3. The first-order valence-electron chi connectivity index (χ1n) is 5.54. The van der Waals surface area contributed by atoms with E-state index in [4.69, 9.17) is 0 Å². The molecule has 1 aliphatic rings. The molecule has 0 fully saturated rings. The van der Waals surface area contributed by atoms with E-state index in [9.17, 15) is 5.11 Å². The van der Waals surface area contributed by atoms with Crippen molar-refractivity contribution in [1.82, 2.24) is 10.6 Å². The van der Waals surface area contributed by atoms with Gasteiger partial charge in [-0.05, 0) is 38.6 Å². The lowest BCUT2D eigenvalue weighted by Crippen LogP contribution is -2.37. The summed E-state index contributed by atoms with van der Waals surface area (Å²) in [7, 11) is 0. The number of aliphatic hydroxyl groups is 1. The maximum absolute atomic E-state index is 9.49. The third-order valence-electron chi connectivity index (χ3n) is 1.77. The van der Waals surface area contributed by atoms with Gasteiger partial charge in [-0.2, -0.15) is 0 Å². The van der Waals surface area contributed by atoms with Gasteiger partial charge in [0.15, 0.2) is 0 Å². The largest absolute Gasteiger partial charge is 0.389 e. The number of rotatable bonds is 3. The van der Waals surface area contributed by atoms with Crippen LogP contribution in [0.5, 0.6) is 0 Å². The van der Waals surface area contributed by atoms with E-state index in [1.165, 1.54) is 5.57 Å². The first-order chi connectivity index (χ1) is 6.97.